The van der Waals surface area contributed by atoms with E-state index in [1.54, 1.807) is 6.20 Å². The van der Waals surface area contributed by atoms with E-state index in [1.807, 2.05) is 30.3 Å². The smallest absolute Gasteiger partial charge is 0.251 e. The number of nitrogens with one attached hydrogen (secondary N) is 1. The van der Waals surface area contributed by atoms with Crippen LogP contribution in [0.1, 0.15) is 21.5 Å². The standard InChI is InChI=1S/C19H21N3O3/c23-19(15-3-4-17-14(12-15)5-9-25-17)21-13-16-2-1-6-20-18(16)22-7-10-24-11-8-22/h1-4,6,12H,5,7-11,13H2,(H,21,23). The van der Waals surface area contributed by atoms with Crippen LogP contribution >= 0.6 is 0 Å². The van der Waals surface area contributed by atoms with E-state index in [2.05, 4.69) is 15.2 Å². The van der Waals surface area contributed by atoms with E-state index < -0.39 is 0 Å². The highest BCUT2D eigenvalue weighted by Crippen LogP contribution is 2.26. The highest BCUT2D eigenvalue weighted by atomic mass is 16.5. The summed E-state index contributed by atoms with van der Waals surface area (Å²) in [6.07, 6.45) is 2.65. The molecule has 0 saturated carbocycles. The molecule has 0 unspecified atom stereocenters. The zero-order chi connectivity index (χ0) is 17.1. The molecule has 1 aromatic heterocycles. The molecule has 6 heteroatoms. The molecule has 4 rings (SSSR count). The summed E-state index contributed by atoms with van der Waals surface area (Å²) >= 11 is 0. The summed E-state index contributed by atoms with van der Waals surface area (Å²) in [6.45, 7) is 4.21. The summed E-state index contributed by atoms with van der Waals surface area (Å²) in [5.74, 6) is 1.73. The molecule has 1 aromatic carbocycles. The lowest BCUT2D eigenvalue weighted by Crippen LogP contribution is -2.37. The molecule has 3 heterocycles. The van der Waals surface area contributed by atoms with Crippen molar-refractivity contribution >= 4 is 11.7 Å². The molecule has 0 atom stereocenters. The lowest BCUT2D eigenvalue weighted by Gasteiger charge is -2.29. The van der Waals surface area contributed by atoms with E-state index in [4.69, 9.17) is 9.47 Å². The van der Waals surface area contributed by atoms with Gasteiger partial charge >= 0.3 is 0 Å². The minimum Gasteiger partial charge on any atom is -0.493 e. The fraction of sp³-hybridized carbons (Fsp3) is 0.368. The molecule has 130 valence electrons. The van der Waals surface area contributed by atoms with Crippen LogP contribution in [-0.2, 0) is 17.7 Å². The molecule has 25 heavy (non-hydrogen) atoms. The summed E-state index contributed by atoms with van der Waals surface area (Å²) in [7, 11) is 0. The van der Waals surface area contributed by atoms with E-state index in [0.29, 0.717) is 31.9 Å². The largest absolute Gasteiger partial charge is 0.493 e. The van der Waals surface area contributed by atoms with Gasteiger partial charge in [0.25, 0.3) is 5.91 Å². The number of carbonyl (C=O) groups excluding carboxylic acids is 1. The average Bonchev–Trinajstić information content (AvgIpc) is 3.15. The second kappa shape index (κ2) is 7.11. The van der Waals surface area contributed by atoms with Crippen LogP contribution in [0.25, 0.3) is 0 Å². The highest BCUT2D eigenvalue weighted by molar-refractivity contribution is 5.94. The van der Waals surface area contributed by atoms with Gasteiger partial charge in [0.15, 0.2) is 0 Å². The van der Waals surface area contributed by atoms with Crippen LogP contribution in [0.15, 0.2) is 36.5 Å². The average molecular weight is 339 g/mol. The molecule has 1 amide bonds. The third-order valence-electron chi connectivity index (χ3n) is 4.57. The molecule has 1 saturated heterocycles. The summed E-state index contributed by atoms with van der Waals surface area (Å²) in [5.41, 5.74) is 2.78. The molecule has 6 nitrogen and oxygen atoms in total. The minimum absolute atomic E-state index is 0.0773. The van der Waals surface area contributed by atoms with E-state index >= 15 is 0 Å². The van der Waals surface area contributed by atoms with Gasteiger partial charge in [-0.1, -0.05) is 6.07 Å². The Bertz CT molecular complexity index is 772. The second-order valence-corrected chi connectivity index (χ2v) is 6.19. The maximum atomic E-state index is 12.5. The molecule has 2 aromatic rings. The second-order valence-electron chi connectivity index (χ2n) is 6.19. The molecule has 2 aliphatic heterocycles. The van der Waals surface area contributed by atoms with Gasteiger partial charge in [-0.3, -0.25) is 4.79 Å². The Balaban J connectivity index is 1.45. The lowest BCUT2D eigenvalue weighted by molar-refractivity contribution is 0.0950. The molecule has 2 aliphatic rings. The van der Waals surface area contributed by atoms with Gasteiger partial charge in [-0.2, -0.15) is 0 Å². The SMILES string of the molecule is O=C(NCc1cccnc1N1CCOCC1)c1ccc2c(c1)CCO2. The number of pyridine rings is 1. The van der Waals surface area contributed by atoms with Gasteiger partial charge < -0.3 is 19.7 Å². The van der Waals surface area contributed by atoms with E-state index in [0.717, 1.165) is 42.2 Å². The van der Waals surface area contributed by atoms with E-state index in [1.165, 1.54) is 0 Å². The van der Waals surface area contributed by atoms with E-state index in [9.17, 15) is 4.79 Å². The van der Waals surface area contributed by atoms with Crippen molar-refractivity contribution in [3.8, 4) is 5.75 Å². The summed E-state index contributed by atoms with van der Waals surface area (Å²) < 4.78 is 10.9. The van der Waals surface area contributed by atoms with Crippen molar-refractivity contribution in [3.05, 3.63) is 53.2 Å². The monoisotopic (exact) mass is 339 g/mol. The predicted molar refractivity (Wildman–Crippen MR) is 94.1 cm³/mol. The Hall–Kier alpha value is -2.60. The van der Waals surface area contributed by atoms with Gasteiger partial charge in [-0.05, 0) is 29.8 Å². The fourth-order valence-electron chi connectivity index (χ4n) is 3.23. The van der Waals surface area contributed by atoms with Crippen molar-refractivity contribution in [2.24, 2.45) is 0 Å². The molecular weight excluding hydrogens is 318 g/mol. The van der Waals surface area contributed by atoms with Crippen LogP contribution in [0.5, 0.6) is 5.75 Å². The number of ether oxygens (including phenoxy) is 2. The number of anilines is 1. The predicted octanol–water partition coefficient (Wildman–Crippen LogP) is 1.78. The van der Waals surface area contributed by atoms with Gasteiger partial charge in [0.1, 0.15) is 11.6 Å². The number of hydrogen-bond donors (Lipinski definition) is 1. The maximum Gasteiger partial charge on any atom is 0.251 e. The fourth-order valence-corrected chi connectivity index (χ4v) is 3.23. The van der Waals surface area contributed by atoms with Crippen LogP contribution in [0.2, 0.25) is 0 Å². The van der Waals surface area contributed by atoms with Gasteiger partial charge in [-0.25, -0.2) is 4.98 Å². The Morgan fingerprint density at radius 2 is 2.08 bits per heavy atom. The number of morpholine rings is 1. The molecule has 1 fully saturated rings. The molecule has 0 spiro atoms. The number of benzene rings is 1. The zero-order valence-electron chi connectivity index (χ0n) is 14.0. The number of amides is 1. The van der Waals surface area contributed by atoms with Crippen molar-refractivity contribution in [2.75, 3.05) is 37.8 Å². The first-order valence-corrected chi connectivity index (χ1v) is 8.62. The van der Waals surface area contributed by atoms with Crippen LogP contribution < -0.4 is 15.0 Å². The molecule has 0 bridgehead atoms. The third kappa shape index (κ3) is 3.44. The Kier molecular flexibility index (Phi) is 4.52. The van der Waals surface area contributed by atoms with Crippen molar-refractivity contribution < 1.29 is 14.3 Å². The number of hydrogen-bond acceptors (Lipinski definition) is 5. The minimum atomic E-state index is -0.0773. The van der Waals surface area contributed by atoms with Crippen molar-refractivity contribution in [1.29, 1.82) is 0 Å². The van der Waals surface area contributed by atoms with Crippen LogP contribution in [0.4, 0.5) is 5.82 Å². The first-order chi connectivity index (χ1) is 12.3. The quantitative estimate of drug-likeness (QED) is 0.920. The summed E-state index contributed by atoms with van der Waals surface area (Å²) in [5, 5.41) is 3.01. The Morgan fingerprint density at radius 1 is 1.20 bits per heavy atom. The van der Waals surface area contributed by atoms with Gasteiger partial charge in [-0.15, -0.1) is 0 Å². The molecular formula is C19H21N3O3. The van der Waals surface area contributed by atoms with Gasteiger partial charge in [0, 0.05) is 43.4 Å². The number of fused-ring (bicyclic) bond motifs is 1. The normalized spacial score (nSPS) is 16.2. The Labute approximate surface area is 146 Å². The number of carbonyl (C=O) groups is 1. The Morgan fingerprint density at radius 3 is 2.96 bits per heavy atom. The summed E-state index contributed by atoms with van der Waals surface area (Å²) in [6, 6.07) is 9.52. The van der Waals surface area contributed by atoms with Gasteiger partial charge in [0.2, 0.25) is 0 Å². The van der Waals surface area contributed by atoms with Crippen LogP contribution in [0.3, 0.4) is 0 Å². The van der Waals surface area contributed by atoms with Crippen molar-refractivity contribution in [3.63, 3.8) is 0 Å². The first kappa shape index (κ1) is 15.9. The molecule has 0 aliphatic carbocycles. The third-order valence-corrected chi connectivity index (χ3v) is 4.57. The topological polar surface area (TPSA) is 63.7 Å². The number of rotatable bonds is 4. The number of nitrogens with zero attached hydrogens (tertiary/aromatic N) is 2. The molecule has 1 N–H and O–H groups in total. The van der Waals surface area contributed by atoms with Crippen molar-refractivity contribution in [2.45, 2.75) is 13.0 Å². The zero-order valence-corrected chi connectivity index (χ0v) is 14.0. The summed E-state index contributed by atoms with van der Waals surface area (Å²) in [4.78, 5) is 19.2. The van der Waals surface area contributed by atoms with E-state index in [-0.39, 0.29) is 5.91 Å². The van der Waals surface area contributed by atoms with Crippen LogP contribution in [0, 0.1) is 0 Å². The van der Waals surface area contributed by atoms with Crippen molar-refractivity contribution in [1.82, 2.24) is 10.3 Å². The lowest BCUT2D eigenvalue weighted by atomic mass is 10.1. The maximum absolute atomic E-state index is 12.5. The first-order valence-electron chi connectivity index (χ1n) is 8.62. The number of aromatic nitrogens is 1. The highest BCUT2D eigenvalue weighted by Gasteiger charge is 2.18. The molecule has 0 radical (unpaired) electrons. The van der Waals surface area contributed by atoms with Gasteiger partial charge in [0.05, 0.1) is 19.8 Å². The van der Waals surface area contributed by atoms with Crippen LogP contribution in [-0.4, -0.2) is 43.8 Å².